The van der Waals surface area contributed by atoms with Crippen molar-refractivity contribution >= 4 is 29.0 Å². The summed E-state index contributed by atoms with van der Waals surface area (Å²) in [6, 6.07) is 14.0. The molecule has 7 nitrogen and oxygen atoms in total. The number of carbonyl (C=O) groups is 2. The molecule has 1 atom stereocenters. The molecular weight excluding hydrogens is 400 g/mol. The molecule has 1 aromatic heterocycles. The first-order valence-electron chi connectivity index (χ1n) is 9.26. The van der Waals surface area contributed by atoms with Gasteiger partial charge in [0.1, 0.15) is 16.9 Å². The summed E-state index contributed by atoms with van der Waals surface area (Å²) in [5.41, 5.74) is 9.75. The van der Waals surface area contributed by atoms with Gasteiger partial charge in [-0.15, -0.1) is 11.3 Å². The molecule has 0 aliphatic rings. The average Bonchev–Trinajstić information content (AvgIpc) is 3.09. The number of hydrogen-bond donors (Lipinski definition) is 4. The standard InChI is InChI=1S/C22H22N4O3S/c1-12-19(26-21(30-12)17-9-7-16(8-10-17)20(23)24)15-5-3-14(4-6-15)11-18(22(28)29)25-13(2)27/h3-10,18H,11H2,1-2H3,(H3,23,24)(H,25,27)(H,28,29). The Balaban J connectivity index is 1.80. The second-order valence-electron chi connectivity index (χ2n) is 6.91. The van der Waals surface area contributed by atoms with E-state index in [4.69, 9.17) is 16.1 Å². The van der Waals surface area contributed by atoms with E-state index in [9.17, 15) is 14.7 Å². The van der Waals surface area contributed by atoms with E-state index < -0.39 is 12.0 Å². The molecule has 0 fully saturated rings. The summed E-state index contributed by atoms with van der Waals surface area (Å²) in [5, 5.41) is 20.1. The highest BCUT2D eigenvalue weighted by atomic mass is 32.1. The lowest BCUT2D eigenvalue weighted by Crippen LogP contribution is -2.41. The van der Waals surface area contributed by atoms with Crippen molar-refractivity contribution in [2.45, 2.75) is 26.3 Å². The molecule has 30 heavy (non-hydrogen) atoms. The van der Waals surface area contributed by atoms with Gasteiger partial charge in [0.15, 0.2) is 0 Å². The number of amidine groups is 1. The van der Waals surface area contributed by atoms with Gasteiger partial charge in [0.25, 0.3) is 0 Å². The number of carboxylic acids is 1. The zero-order chi connectivity index (χ0) is 21.8. The maximum atomic E-state index is 11.3. The molecule has 0 radical (unpaired) electrons. The van der Waals surface area contributed by atoms with Crippen LogP contribution in [-0.2, 0) is 16.0 Å². The molecule has 154 valence electrons. The molecule has 0 saturated carbocycles. The number of carboxylic acid groups (broad SMARTS) is 1. The van der Waals surface area contributed by atoms with Gasteiger partial charge in [0.05, 0.1) is 5.69 Å². The Morgan fingerprint density at radius 1 is 1.13 bits per heavy atom. The molecule has 3 aromatic rings. The summed E-state index contributed by atoms with van der Waals surface area (Å²) >= 11 is 1.58. The van der Waals surface area contributed by atoms with E-state index in [-0.39, 0.29) is 18.2 Å². The Hall–Kier alpha value is -3.52. The Morgan fingerprint density at radius 2 is 1.73 bits per heavy atom. The van der Waals surface area contributed by atoms with Crippen molar-refractivity contribution in [2.75, 3.05) is 0 Å². The van der Waals surface area contributed by atoms with Gasteiger partial charge in [0.2, 0.25) is 5.91 Å². The number of aromatic nitrogens is 1. The van der Waals surface area contributed by atoms with Gasteiger partial charge in [-0.3, -0.25) is 10.2 Å². The van der Waals surface area contributed by atoms with E-state index in [0.29, 0.717) is 5.56 Å². The topological polar surface area (TPSA) is 129 Å². The van der Waals surface area contributed by atoms with Crippen LogP contribution in [0, 0.1) is 12.3 Å². The summed E-state index contributed by atoms with van der Waals surface area (Å²) in [7, 11) is 0. The number of aliphatic carboxylic acids is 1. The lowest BCUT2D eigenvalue weighted by atomic mass is 10.0. The lowest BCUT2D eigenvalue weighted by molar-refractivity contribution is -0.141. The normalized spacial score (nSPS) is 11.7. The number of carbonyl (C=O) groups excluding carboxylic acids is 1. The number of hydrogen-bond acceptors (Lipinski definition) is 5. The number of aryl methyl sites for hydroxylation is 1. The SMILES string of the molecule is CC(=O)NC(Cc1ccc(-c2nc(-c3ccc(C(=N)N)cc3)sc2C)cc1)C(=O)O. The Labute approximate surface area is 178 Å². The van der Waals surface area contributed by atoms with Crippen LogP contribution in [0.2, 0.25) is 0 Å². The van der Waals surface area contributed by atoms with Crippen molar-refractivity contribution in [2.24, 2.45) is 5.73 Å². The third-order valence-electron chi connectivity index (χ3n) is 4.58. The largest absolute Gasteiger partial charge is 0.480 e. The van der Waals surface area contributed by atoms with E-state index in [1.165, 1.54) is 6.92 Å². The number of amides is 1. The van der Waals surface area contributed by atoms with E-state index >= 15 is 0 Å². The Bertz CT molecular complexity index is 1090. The molecule has 0 aliphatic carbocycles. The molecule has 1 unspecified atom stereocenters. The first-order valence-corrected chi connectivity index (χ1v) is 10.1. The third kappa shape index (κ3) is 4.90. The summed E-state index contributed by atoms with van der Waals surface area (Å²) in [6.07, 6.45) is 0.207. The van der Waals surface area contributed by atoms with Gasteiger partial charge in [-0.2, -0.15) is 0 Å². The average molecular weight is 423 g/mol. The van der Waals surface area contributed by atoms with Crippen LogP contribution in [0.4, 0.5) is 0 Å². The fourth-order valence-corrected chi connectivity index (χ4v) is 4.00. The van der Waals surface area contributed by atoms with Gasteiger partial charge < -0.3 is 16.2 Å². The minimum Gasteiger partial charge on any atom is -0.480 e. The molecular formula is C22H22N4O3S. The summed E-state index contributed by atoms with van der Waals surface area (Å²) in [5.74, 6) is -1.41. The van der Waals surface area contributed by atoms with Crippen LogP contribution in [0.25, 0.3) is 21.8 Å². The number of thiazole rings is 1. The predicted molar refractivity (Wildman–Crippen MR) is 118 cm³/mol. The summed E-state index contributed by atoms with van der Waals surface area (Å²) in [4.78, 5) is 28.4. The molecule has 0 aliphatic heterocycles. The van der Waals surface area contributed by atoms with E-state index in [1.54, 1.807) is 23.5 Å². The minimum atomic E-state index is -1.06. The monoisotopic (exact) mass is 422 g/mol. The number of nitrogen functional groups attached to an aromatic ring is 1. The molecule has 3 rings (SSSR count). The van der Waals surface area contributed by atoms with Crippen molar-refractivity contribution in [1.29, 1.82) is 5.41 Å². The minimum absolute atomic E-state index is 0.0290. The van der Waals surface area contributed by atoms with Crippen LogP contribution in [-0.4, -0.2) is 33.8 Å². The second-order valence-corrected chi connectivity index (χ2v) is 8.11. The van der Waals surface area contributed by atoms with Crippen molar-refractivity contribution in [3.05, 3.63) is 64.5 Å². The zero-order valence-electron chi connectivity index (χ0n) is 16.6. The highest BCUT2D eigenvalue weighted by molar-refractivity contribution is 7.15. The van der Waals surface area contributed by atoms with Gasteiger partial charge >= 0.3 is 5.97 Å². The highest BCUT2D eigenvalue weighted by Crippen LogP contribution is 2.33. The van der Waals surface area contributed by atoms with Crippen LogP contribution in [0.3, 0.4) is 0 Å². The Kier molecular flexibility index (Phi) is 6.27. The number of nitrogens with zero attached hydrogens (tertiary/aromatic N) is 1. The van der Waals surface area contributed by atoms with Crippen LogP contribution in [0.15, 0.2) is 48.5 Å². The molecule has 1 amide bonds. The molecule has 0 spiro atoms. The fraction of sp³-hybridized carbons (Fsp3) is 0.182. The molecule has 0 saturated heterocycles. The number of benzene rings is 2. The van der Waals surface area contributed by atoms with Crippen molar-refractivity contribution in [3.8, 4) is 21.8 Å². The fourth-order valence-electron chi connectivity index (χ4n) is 3.06. The van der Waals surface area contributed by atoms with Gasteiger partial charge in [0, 0.05) is 34.9 Å². The van der Waals surface area contributed by atoms with Crippen LogP contribution in [0.1, 0.15) is 22.9 Å². The lowest BCUT2D eigenvalue weighted by Gasteiger charge is -2.13. The smallest absolute Gasteiger partial charge is 0.326 e. The Morgan fingerprint density at radius 3 is 2.27 bits per heavy atom. The maximum Gasteiger partial charge on any atom is 0.326 e. The molecule has 1 heterocycles. The quantitative estimate of drug-likeness (QED) is 0.343. The number of rotatable bonds is 7. The second kappa shape index (κ2) is 8.87. The summed E-state index contributed by atoms with van der Waals surface area (Å²) in [6.45, 7) is 3.31. The van der Waals surface area contributed by atoms with Crippen molar-refractivity contribution in [1.82, 2.24) is 10.3 Å². The highest BCUT2D eigenvalue weighted by Gasteiger charge is 2.19. The van der Waals surface area contributed by atoms with Gasteiger partial charge in [-0.1, -0.05) is 48.5 Å². The van der Waals surface area contributed by atoms with E-state index in [2.05, 4.69) is 5.32 Å². The van der Waals surface area contributed by atoms with Crippen LogP contribution < -0.4 is 11.1 Å². The molecule has 0 bridgehead atoms. The third-order valence-corrected chi connectivity index (χ3v) is 5.60. The van der Waals surface area contributed by atoms with E-state index in [0.717, 1.165) is 32.3 Å². The van der Waals surface area contributed by atoms with Crippen LogP contribution >= 0.6 is 11.3 Å². The van der Waals surface area contributed by atoms with E-state index in [1.807, 2.05) is 43.3 Å². The predicted octanol–water partition coefficient (Wildman–Crippen LogP) is 3.20. The number of nitrogens with two attached hydrogens (primary N) is 1. The molecule has 8 heteroatoms. The first-order chi connectivity index (χ1) is 14.2. The van der Waals surface area contributed by atoms with Crippen molar-refractivity contribution in [3.63, 3.8) is 0 Å². The van der Waals surface area contributed by atoms with Crippen LogP contribution in [0.5, 0.6) is 0 Å². The first kappa shape index (κ1) is 21.2. The maximum absolute atomic E-state index is 11.3. The van der Waals surface area contributed by atoms with Crippen molar-refractivity contribution < 1.29 is 14.7 Å². The van der Waals surface area contributed by atoms with Gasteiger partial charge in [-0.05, 0) is 12.5 Å². The molecule has 2 aromatic carbocycles. The van der Waals surface area contributed by atoms with Gasteiger partial charge in [-0.25, -0.2) is 9.78 Å². The molecule has 5 N–H and O–H groups in total. The number of nitrogens with one attached hydrogen (secondary N) is 2. The summed E-state index contributed by atoms with van der Waals surface area (Å²) < 4.78 is 0. The zero-order valence-corrected chi connectivity index (χ0v) is 17.4.